The number of aliphatic hydroxyl groups is 1. The van der Waals surface area contributed by atoms with Crippen molar-refractivity contribution in [3.63, 3.8) is 0 Å². The lowest BCUT2D eigenvalue weighted by atomic mass is 10.0. The normalized spacial score (nSPS) is 11.6. The lowest BCUT2D eigenvalue weighted by Crippen LogP contribution is -2.10. The number of benzene rings is 1. The van der Waals surface area contributed by atoms with E-state index >= 15 is 0 Å². The van der Waals surface area contributed by atoms with Crippen LogP contribution >= 0.6 is 0 Å². The first-order valence-electron chi connectivity index (χ1n) is 4.84. The molecule has 0 aliphatic heterocycles. The fraction of sp³-hybridized carbons (Fsp3) is 0.455. The molecule has 1 N–H and O–H groups in total. The summed E-state index contributed by atoms with van der Waals surface area (Å²) in [6, 6.07) is 3.85. The Labute approximate surface area is 91.7 Å². The molecule has 0 unspecified atom stereocenters. The van der Waals surface area contributed by atoms with E-state index in [0.717, 1.165) is 6.07 Å². The third-order valence-corrected chi connectivity index (χ3v) is 2.23. The smallest absolute Gasteiger partial charge is 0.416 e. The maximum Gasteiger partial charge on any atom is 0.416 e. The summed E-state index contributed by atoms with van der Waals surface area (Å²) in [6.45, 7) is -0.122. The third kappa shape index (κ3) is 3.13. The minimum Gasteiger partial charge on any atom is -0.497 e. The number of rotatable bonds is 4. The van der Waals surface area contributed by atoms with E-state index in [1.807, 2.05) is 0 Å². The first-order valence-corrected chi connectivity index (χ1v) is 4.84. The molecule has 90 valence electrons. The molecule has 1 aromatic carbocycles. The maximum absolute atomic E-state index is 12.7. The second kappa shape index (κ2) is 5.21. The van der Waals surface area contributed by atoms with Gasteiger partial charge in [-0.3, -0.25) is 0 Å². The molecule has 0 saturated heterocycles. The van der Waals surface area contributed by atoms with Crippen LogP contribution in [0.4, 0.5) is 13.2 Å². The largest absolute Gasteiger partial charge is 0.497 e. The minimum absolute atomic E-state index is 0.122. The summed E-state index contributed by atoms with van der Waals surface area (Å²) in [4.78, 5) is 0. The molecule has 0 saturated carbocycles. The van der Waals surface area contributed by atoms with Gasteiger partial charge in [0.1, 0.15) is 5.75 Å². The highest BCUT2D eigenvalue weighted by Crippen LogP contribution is 2.34. The van der Waals surface area contributed by atoms with Crippen LogP contribution in [0.5, 0.6) is 5.75 Å². The molecule has 1 aromatic rings. The molecule has 0 aliphatic rings. The molecular weight excluding hydrogens is 221 g/mol. The van der Waals surface area contributed by atoms with Crippen LogP contribution in [-0.4, -0.2) is 18.8 Å². The Balaban J connectivity index is 3.06. The van der Waals surface area contributed by atoms with Gasteiger partial charge in [0.25, 0.3) is 0 Å². The van der Waals surface area contributed by atoms with Crippen LogP contribution in [0.1, 0.15) is 17.5 Å². The SMILES string of the molecule is COc1ccc(CCCO)c(C(F)(F)F)c1. The molecule has 1 rings (SSSR count). The van der Waals surface area contributed by atoms with Crippen LogP contribution in [0.25, 0.3) is 0 Å². The van der Waals surface area contributed by atoms with Crippen molar-refractivity contribution in [2.75, 3.05) is 13.7 Å². The molecule has 0 heterocycles. The third-order valence-electron chi connectivity index (χ3n) is 2.23. The van der Waals surface area contributed by atoms with E-state index in [0.29, 0.717) is 6.42 Å². The number of alkyl halides is 3. The number of aryl methyl sites for hydroxylation is 1. The predicted molar refractivity (Wildman–Crippen MR) is 53.4 cm³/mol. The Morgan fingerprint density at radius 1 is 1.31 bits per heavy atom. The molecule has 5 heteroatoms. The van der Waals surface area contributed by atoms with Crippen molar-refractivity contribution in [1.29, 1.82) is 0 Å². The van der Waals surface area contributed by atoms with Gasteiger partial charge in [-0.1, -0.05) is 6.07 Å². The van der Waals surface area contributed by atoms with Crippen LogP contribution in [0.15, 0.2) is 18.2 Å². The van der Waals surface area contributed by atoms with Gasteiger partial charge in [-0.25, -0.2) is 0 Å². The first-order chi connectivity index (χ1) is 7.49. The van der Waals surface area contributed by atoms with E-state index in [-0.39, 0.29) is 24.3 Å². The van der Waals surface area contributed by atoms with Crippen molar-refractivity contribution in [2.24, 2.45) is 0 Å². The molecule has 16 heavy (non-hydrogen) atoms. The number of halogens is 3. The van der Waals surface area contributed by atoms with Crippen molar-refractivity contribution >= 4 is 0 Å². The number of aliphatic hydroxyl groups excluding tert-OH is 1. The molecule has 0 atom stereocenters. The second-order valence-corrected chi connectivity index (χ2v) is 3.35. The average molecular weight is 234 g/mol. The first kappa shape index (κ1) is 12.8. The zero-order valence-corrected chi connectivity index (χ0v) is 8.84. The predicted octanol–water partition coefficient (Wildman–Crippen LogP) is 2.64. The maximum atomic E-state index is 12.7. The van der Waals surface area contributed by atoms with Gasteiger partial charge in [-0.15, -0.1) is 0 Å². The van der Waals surface area contributed by atoms with E-state index in [2.05, 4.69) is 0 Å². The van der Waals surface area contributed by atoms with Crippen LogP contribution in [0.2, 0.25) is 0 Å². The van der Waals surface area contributed by atoms with E-state index in [1.54, 1.807) is 0 Å². The molecule has 0 bridgehead atoms. The summed E-state index contributed by atoms with van der Waals surface area (Å²) >= 11 is 0. The monoisotopic (exact) mass is 234 g/mol. The quantitative estimate of drug-likeness (QED) is 0.867. The molecule has 0 amide bonds. The molecular formula is C11H13F3O2. The number of methoxy groups -OCH3 is 1. The van der Waals surface area contributed by atoms with Crippen LogP contribution < -0.4 is 4.74 Å². The Bertz CT molecular complexity index is 348. The molecule has 0 radical (unpaired) electrons. The van der Waals surface area contributed by atoms with Gasteiger partial charge in [0, 0.05) is 6.61 Å². The Morgan fingerprint density at radius 2 is 2.00 bits per heavy atom. The number of hydrogen-bond acceptors (Lipinski definition) is 2. The minimum atomic E-state index is -4.39. The van der Waals surface area contributed by atoms with Crippen molar-refractivity contribution in [2.45, 2.75) is 19.0 Å². The average Bonchev–Trinajstić information content (AvgIpc) is 2.25. The highest BCUT2D eigenvalue weighted by atomic mass is 19.4. The summed E-state index contributed by atoms with van der Waals surface area (Å²) in [5.74, 6) is 0.181. The van der Waals surface area contributed by atoms with Crippen molar-refractivity contribution in [1.82, 2.24) is 0 Å². The van der Waals surface area contributed by atoms with Crippen molar-refractivity contribution in [3.8, 4) is 5.75 Å². The van der Waals surface area contributed by atoms with Gasteiger partial charge in [0.2, 0.25) is 0 Å². The molecule has 0 aliphatic carbocycles. The summed E-state index contributed by atoms with van der Waals surface area (Å²) in [5, 5.41) is 8.62. The van der Waals surface area contributed by atoms with Gasteiger partial charge in [-0.2, -0.15) is 13.2 Å². The lowest BCUT2D eigenvalue weighted by Gasteiger charge is -2.13. The molecule has 0 fully saturated rings. The van der Waals surface area contributed by atoms with Crippen molar-refractivity contribution in [3.05, 3.63) is 29.3 Å². The summed E-state index contributed by atoms with van der Waals surface area (Å²) in [6.07, 6.45) is -3.87. The van der Waals surface area contributed by atoms with Gasteiger partial charge < -0.3 is 9.84 Å². The van der Waals surface area contributed by atoms with E-state index in [4.69, 9.17) is 9.84 Å². The zero-order valence-electron chi connectivity index (χ0n) is 8.84. The van der Waals surface area contributed by atoms with Gasteiger partial charge in [0.15, 0.2) is 0 Å². The summed E-state index contributed by atoms with van der Waals surface area (Å²) < 4.78 is 42.8. The van der Waals surface area contributed by atoms with Gasteiger partial charge in [-0.05, 0) is 30.5 Å². The van der Waals surface area contributed by atoms with Gasteiger partial charge in [0.05, 0.1) is 12.7 Å². The van der Waals surface area contributed by atoms with E-state index < -0.39 is 11.7 Å². The topological polar surface area (TPSA) is 29.5 Å². The standard InChI is InChI=1S/C11H13F3O2/c1-16-9-5-4-8(3-2-6-15)10(7-9)11(12,13)14/h4-5,7,15H,2-3,6H2,1H3. The van der Waals surface area contributed by atoms with Crippen molar-refractivity contribution < 1.29 is 23.0 Å². The fourth-order valence-electron chi connectivity index (χ4n) is 1.43. The van der Waals surface area contributed by atoms with Crippen LogP contribution in [0, 0.1) is 0 Å². The molecule has 2 nitrogen and oxygen atoms in total. The Hall–Kier alpha value is -1.23. The molecule has 0 spiro atoms. The number of hydrogen-bond donors (Lipinski definition) is 1. The van der Waals surface area contributed by atoms with Crippen LogP contribution in [0.3, 0.4) is 0 Å². The van der Waals surface area contributed by atoms with E-state index in [1.165, 1.54) is 19.2 Å². The lowest BCUT2D eigenvalue weighted by molar-refractivity contribution is -0.138. The van der Waals surface area contributed by atoms with Gasteiger partial charge >= 0.3 is 6.18 Å². The zero-order chi connectivity index (χ0) is 12.2. The summed E-state index contributed by atoms with van der Waals surface area (Å²) in [5.41, 5.74) is -0.511. The second-order valence-electron chi connectivity index (χ2n) is 3.35. The highest BCUT2D eigenvalue weighted by molar-refractivity contribution is 5.37. The highest BCUT2D eigenvalue weighted by Gasteiger charge is 2.33. The summed E-state index contributed by atoms with van der Waals surface area (Å²) in [7, 11) is 1.32. The Kier molecular flexibility index (Phi) is 4.18. The number of ether oxygens (including phenoxy) is 1. The van der Waals surface area contributed by atoms with E-state index in [9.17, 15) is 13.2 Å². The molecule has 0 aromatic heterocycles. The fourth-order valence-corrected chi connectivity index (χ4v) is 1.43. The Morgan fingerprint density at radius 3 is 2.50 bits per heavy atom. The van der Waals surface area contributed by atoms with Crippen LogP contribution in [-0.2, 0) is 12.6 Å².